The Balaban J connectivity index is 2.51. The van der Waals surface area contributed by atoms with Crippen molar-refractivity contribution in [2.45, 2.75) is 33.6 Å². The first-order chi connectivity index (χ1) is 10.3. The summed E-state index contributed by atoms with van der Waals surface area (Å²) in [4.78, 5) is 23.2. The third kappa shape index (κ3) is 6.24. The van der Waals surface area contributed by atoms with Gasteiger partial charge in [0.2, 0.25) is 5.91 Å². The van der Waals surface area contributed by atoms with E-state index in [0.29, 0.717) is 12.8 Å². The Bertz CT molecular complexity index is 516. The van der Waals surface area contributed by atoms with Crippen LogP contribution < -0.4 is 5.32 Å². The van der Waals surface area contributed by atoms with Crippen molar-refractivity contribution in [3.63, 3.8) is 0 Å². The average Bonchev–Trinajstić information content (AvgIpc) is 2.42. The summed E-state index contributed by atoms with van der Waals surface area (Å²) in [6.45, 7) is 5.77. The highest BCUT2D eigenvalue weighted by Gasteiger charge is 2.21. The van der Waals surface area contributed by atoms with Gasteiger partial charge in [-0.15, -0.1) is 0 Å². The van der Waals surface area contributed by atoms with Gasteiger partial charge in [-0.05, 0) is 36.5 Å². The highest BCUT2D eigenvalue weighted by atomic mass is 19.1. The van der Waals surface area contributed by atoms with Crippen molar-refractivity contribution in [3.05, 3.63) is 35.6 Å². The van der Waals surface area contributed by atoms with Crippen LogP contribution in [0.5, 0.6) is 0 Å². The van der Waals surface area contributed by atoms with Crippen LogP contribution in [0.4, 0.5) is 4.39 Å². The molecule has 122 valence electrons. The number of benzene rings is 1. The maximum Gasteiger partial charge on any atom is 0.308 e. The molecule has 0 aromatic heterocycles. The van der Waals surface area contributed by atoms with Crippen LogP contribution in [0.25, 0.3) is 0 Å². The summed E-state index contributed by atoms with van der Waals surface area (Å²) in [5.41, 5.74) is 0.750. The molecule has 0 aliphatic carbocycles. The van der Waals surface area contributed by atoms with Gasteiger partial charge in [0.15, 0.2) is 0 Å². The molecular formula is C17H24FNO3. The summed E-state index contributed by atoms with van der Waals surface area (Å²) >= 11 is 0. The fourth-order valence-corrected chi connectivity index (χ4v) is 2.35. The van der Waals surface area contributed by atoms with E-state index in [-0.39, 0.29) is 30.1 Å². The summed E-state index contributed by atoms with van der Waals surface area (Å²) < 4.78 is 13.1. The summed E-state index contributed by atoms with van der Waals surface area (Å²) in [6, 6.07) is 6.14. The largest absolute Gasteiger partial charge is 0.481 e. The van der Waals surface area contributed by atoms with E-state index in [0.717, 1.165) is 5.56 Å². The lowest BCUT2D eigenvalue weighted by molar-refractivity contribution is -0.142. The van der Waals surface area contributed by atoms with Crippen LogP contribution in [0.3, 0.4) is 0 Å². The summed E-state index contributed by atoms with van der Waals surface area (Å²) in [6.07, 6.45) is 0.944. The first-order valence-corrected chi connectivity index (χ1v) is 7.54. The zero-order valence-electron chi connectivity index (χ0n) is 13.3. The molecule has 22 heavy (non-hydrogen) atoms. The van der Waals surface area contributed by atoms with Crippen LogP contribution in [-0.4, -0.2) is 23.5 Å². The Morgan fingerprint density at radius 2 is 1.95 bits per heavy atom. The van der Waals surface area contributed by atoms with Gasteiger partial charge in [0.1, 0.15) is 5.82 Å². The van der Waals surface area contributed by atoms with E-state index in [2.05, 4.69) is 5.32 Å². The van der Waals surface area contributed by atoms with Crippen molar-refractivity contribution in [2.75, 3.05) is 6.54 Å². The first-order valence-electron chi connectivity index (χ1n) is 7.54. The van der Waals surface area contributed by atoms with Gasteiger partial charge in [-0.3, -0.25) is 9.59 Å². The van der Waals surface area contributed by atoms with Crippen molar-refractivity contribution in [1.29, 1.82) is 0 Å². The number of hydrogen-bond donors (Lipinski definition) is 2. The number of carbonyl (C=O) groups excluding carboxylic acids is 1. The summed E-state index contributed by atoms with van der Waals surface area (Å²) in [7, 11) is 0. The zero-order chi connectivity index (χ0) is 16.7. The molecule has 0 saturated heterocycles. The van der Waals surface area contributed by atoms with Crippen molar-refractivity contribution in [2.24, 2.45) is 17.8 Å². The van der Waals surface area contributed by atoms with Gasteiger partial charge in [0.25, 0.3) is 0 Å². The van der Waals surface area contributed by atoms with E-state index >= 15 is 0 Å². The van der Waals surface area contributed by atoms with Crippen LogP contribution in [0, 0.1) is 23.6 Å². The number of amides is 1. The Kier molecular flexibility index (Phi) is 7.02. The van der Waals surface area contributed by atoms with E-state index < -0.39 is 11.9 Å². The smallest absolute Gasteiger partial charge is 0.308 e. The third-order valence-corrected chi connectivity index (χ3v) is 3.51. The maximum absolute atomic E-state index is 13.1. The molecule has 0 fully saturated rings. The molecule has 4 nitrogen and oxygen atoms in total. The van der Waals surface area contributed by atoms with Gasteiger partial charge in [-0.1, -0.05) is 32.9 Å². The molecule has 2 N–H and O–H groups in total. The van der Waals surface area contributed by atoms with E-state index in [4.69, 9.17) is 5.11 Å². The molecule has 0 radical (unpaired) electrons. The molecule has 2 atom stereocenters. The number of halogens is 1. The van der Waals surface area contributed by atoms with Crippen molar-refractivity contribution >= 4 is 11.9 Å². The van der Waals surface area contributed by atoms with Crippen molar-refractivity contribution in [3.8, 4) is 0 Å². The molecular weight excluding hydrogens is 285 g/mol. The highest BCUT2D eigenvalue weighted by molar-refractivity contribution is 5.79. The van der Waals surface area contributed by atoms with Gasteiger partial charge in [-0.2, -0.15) is 0 Å². The van der Waals surface area contributed by atoms with Crippen LogP contribution >= 0.6 is 0 Å². The SMILES string of the molecule is CC(C)CC(CNC(=O)C(C)Cc1cccc(F)c1)C(=O)O. The molecule has 0 bridgehead atoms. The summed E-state index contributed by atoms with van der Waals surface area (Å²) in [5, 5.41) is 11.8. The molecule has 1 rings (SSSR count). The van der Waals surface area contributed by atoms with Crippen LogP contribution in [-0.2, 0) is 16.0 Å². The minimum absolute atomic E-state index is 0.125. The lowest BCUT2D eigenvalue weighted by atomic mass is 9.96. The minimum atomic E-state index is -0.896. The molecule has 0 aliphatic heterocycles. The Morgan fingerprint density at radius 3 is 2.50 bits per heavy atom. The zero-order valence-corrected chi connectivity index (χ0v) is 13.3. The fraction of sp³-hybridized carbons (Fsp3) is 0.529. The molecule has 0 spiro atoms. The van der Waals surface area contributed by atoms with E-state index in [1.165, 1.54) is 12.1 Å². The predicted octanol–water partition coefficient (Wildman–Crippen LogP) is 2.87. The van der Waals surface area contributed by atoms with Crippen LogP contribution in [0.15, 0.2) is 24.3 Å². The lowest BCUT2D eigenvalue weighted by Crippen LogP contribution is -2.37. The van der Waals surface area contributed by atoms with E-state index in [1.54, 1.807) is 19.1 Å². The Hall–Kier alpha value is -1.91. The first kappa shape index (κ1) is 18.1. The standard InChI is InChI=1S/C17H24FNO3/c1-11(2)7-14(17(21)22)10-19-16(20)12(3)8-13-5-4-6-15(18)9-13/h4-6,9,11-12,14H,7-8,10H2,1-3H3,(H,19,20)(H,21,22). The number of nitrogens with one attached hydrogen (secondary N) is 1. The topological polar surface area (TPSA) is 66.4 Å². The van der Waals surface area contributed by atoms with Crippen molar-refractivity contribution in [1.82, 2.24) is 5.32 Å². The highest BCUT2D eigenvalue weighted by Crippen LogP contribution is 2.13. The number of hydrogen-bond acceptors (Lipinski definition) is 2. The van der Waals surface area contributed by atoms with E-state index in [9.17, 15) is 14.0 Å². The second-order valence-corrected chi connectivity index (χ2v) is 6.14. The van der Waals surface area contributed by atoms with Gasteiger partial charge in [0, 0.05) is 12.5 Å². The number of aliphatic carboxylic acids is 1. The van der Waals surface area contributed by atoms with Gasteiger partial charge in [0.05, 0.1) is 5.92 Å². The fourth-order valence-electron chi connectivity index (χ4n) is 2.35. The molecule has 2 unspecified atom stereocenters. The monoisotopic (exact) mass is 309 g/mol. The lowest BCUT2D eigenvalue weighted by Gasteiger charge is -2.17. The molecule has 0 saturated carbocycles. The average molecular weight is 309 g/mol. The molecule has 5 heteroatoms. The minimum Gasteiger partial charge on any atom is -0.481 e. The molecule has 0 aliphatic rings. The number of carbonyl (C=O) groups is 2. The maximum atomic E-state index is 13.1. The molecule has 1 amide bonds. The van der Waals surface area contributed by atoms with Gasteiger partial charge in [-0.25, -0.2) is 4.39 Å². The second-order valence-electron chi connectivity index (χ2n) is 6.14. The molecule has 1 aromatic carbocycles. The van der Waals surface area contributed by atoms with E-state index in [1.807, 2.05) is 13.8 Å². The van der Waals surface area contributed by atoms with Crippen molar-refractivity contribution < 1.29 is 19.1 Å². The molecule has 0 heterocycles. The van der Waals surface area contributed by atoms with Crippen LogP contribution in [0.1, 0.15) is 32.8 Å². The van der Waals surface area contributed by atoms with Crippen LogP contribution in [0.2, 0.25) is 0 Å². The van der Waals surface area contributed by atoms with Gasteiger partial charge >= 0.3 is 5.97 Å². The van der Waals surface area contributed by atoms with Gasteiger partial charge < -0.3 is 10.4 Å². The normalized spacial score (nSPS) is 13.7. The second kappa shape index (κ2) is 8.51. The Morgan fingerprint density at radius 1 is 1.27 bits per heavy atom. The quantitative estimate of drug-likeness (QED) is 0.776. The third-order valence-electron chi connectivity index (χ3n) is 3.51. The predicted molar refractivity (Wildman–Crippen MR) is 82.9 cm³/mol. The molecule has 1 aromatic rings. The summed E-state index contributed by atoms with van der Waals surface area (Å²) in [5.74, 6) is -2.10. The Labute approximate surface area is 130 Å². The number of carboxylic acid groups (broad SMARTS) is 1. The number of carboxylic acids is 1. The number of rotatable bonds is 8.